The molecule has 1 aliphatic heterocycles. The van der Waals surface area contributed by atoms with Crippen molar-refractivity contribution in [3.63, 3.8) is 0 Å². The van der Waals surface area contributed by atoms with Gasteiger partial charge in [-0.25, -0.2) is 0 Å². The summed E-state index contributed by atoms with van der Waals surface area (Å²) in [5.74, 6) is 0.614. The van der Waals surface area contributed by atoms with Gasteiger partial charge < -0.3 is 5.11 Å². The van der Waals surface area contributed by atoms with Gasteiger partial charge in [-0.1, -0.05) is 24.3 Å². The zero-order valence-corrected chi connectivity index (χ0v) is 12.0. The predicted molar refractivity (Wildman–Crippen MR) is 75.9 cm³/mol. The lowest BCUT2D eigenvalue weighted by atomic mass is 9.93. The van der Waals surface area contributed by atoms with Gasteiger partial charge in [0.05, 0.1) is 5.60 Å². The molecule has 1 aromatic rings. The molecular formula is C16H25NO. The standard InChI is InChI=1S/C16H25NO/c1-12-7-5-6-8-15(12)14-9-13(2)17(10-14)11-16(3,4)18/h5-8,13-14,18H,9-11H2,1-4H3. The molecule has 0 aliphatic carbocycles. The molecule has 0 spiro atoms. The van der Waals surface area contributed by atoms with E-state index >= 15 is 0 Å². The Labute approximate surface area is 111 Å². The predicted octanol–water partition coefficient (Wildman–Crippen LogP) is 2.94. The van der Waals surface area contributed by atoms with Crippen LogP contribution in [0.15, 0.2) is 24.3 Å². The van der Waals surface area contributed by atoms with Gasteiger partial charge in [0.25, 0.3) is 0 Å². The Balaban J connectivity index is 2.09. The molecule has 1 saturated heterocycles. The third-order valence-corrected chi connectivity index (χ3v) is 3.92. The lowest BCUT2D eigenvalue weighted by molar-refractivity contribution is 0.0338. The van der Waals surface area contributed by atoms with Crippen LogP contribution in [0.3, 0.4) is 0 Å². The third kappa shape index (κ3) is 3.12. The third-order valence-electron chi connectivity index (χ3n) is 3.92. The van der Waals surface area contributed by atoms with Crippen LogP contribution in [0, 0.1) is 6.92 Å². The van der Waals surface area contributed by atoms with Crippen LogP contribution < -0.4 is 0 Å². The number of hydrogen-bond acceptors (Lipinski definition) is 2. The molecule has 1 aliphatic rings. The van der Waals surface area contributed by atoms with Gasteiger partial charge in [0.15, 0.2) is 0 Å². The summed E-state index contributed by atoms with van der Waals surface area (Å²) >= 11 is 0. The second-order valence-corrected chi connectivity index (χ2v) is 6.38. The van der Waals surface area contributed by atoms with Crippen molar-refractivity contribution in [1.29, 1.82) is 0 Å². The first kappa shape index (κ1) is 13.6. The van der Waals surface area contributed by atoms with Crippen molar-refractivity contribution < 1.29 is 5.11 Å². The first-order valence-corrected chi connectivity index (χ1v) is 6.89. The summed E-state index contributed by atoms with van der Waals surface area (Å²) in [6.07, 6.45) is 1.20. The van der Waals surface area contributed by atoms with Crippen LogP contribution in [-0.4, -0.2) is 34.7 Å². The van der Waals surface area contributed by atoms with Gasteiger partial charge in [-0.15, -0.1) is 0 Å². The van der Waals surface area contributed by atoms with Crippen LogP contribution in [0.1, 0.15) is 44.2 Å². The van der Waals surface area contributed by atoms with E-state index < -0.39 is 5.60 Å². The van der Waals surface area contributed by atoms with E-state index in [-0.39, 0.29) is 0 Å². The number of likely N-dealkylation sites (tertiary alicyclic amines) is 1. The number of rotatable bonds is 3. The average molecular weight is 247 g/mol. The van der Waals surface area contributed by atoms with Crippen LogP contribution in [0.4, 0.5) is 0 Å². The molecule has 1 fully saturated rings. The topological polar surface area (TPSA) is 23.5 Å². The van der Waals surface area contributed by atoms with E-state index in [0.29, 0.717) is 12.0 Å². The molecule has 18 heavy (non-hydrogen) atoms. The number of β-amino-alcohol motifs (C(OH)–C–C–N with tert-alkyl or cyclic N) is 1. The zero-order chi connectivity index (χ0) is 13.3. The molecule has 100 valence electrons. The summed E-state index contributed by atoms with van der Waals surface area (Å²) in [5, 5.41) is 9.97. The van der Waals surface area contributed by atoms with Gasteiger partial charge in [0.2, 0.25) is 0 Å². The fraction of sp³-hybridized carbons (Fsp3) is 0.625. The molecule has 0 bridgehead atoms. The Kier molecular flexibility index (Phi) is 3.79. The Morgan fingerprint density at radius 3 is 2.61 bits per heavy atom. The average Bonchev–Trinajstić information content (AvgIpc) is 2.58. The van der Waals surface area contributed by atoms with Crippen molar-refractivity contribution in [3.05, 3.63) is 35.4 Å². The fourth-order valence-electron chi connectivity index (χ4n) is 3.09. The van der Waals surface area contributed by atoms with E-state index in [0.717, 1.165) is 13.1 Å². The van der Waals surface area contributed by atoms with E-state index in [1.165, 1.54) is 17.5 Å². The van der Waals surface area contributed by atoms with Gasteiger partial charge >= 0.3 is 0 Å². The number of hydrogen-bond donors (Lipinski definition) is 1. The highest BCUT2D eigenvalue weighted by Gasteiger charge is 2.33. The van der Waals surface area contributed by atoms with Crippen molar-refractivity contribution >= 4 is 0 Å². The smallest absolute Gasteiger partial charge is 0.0718 e. The molecule has 2 atom stereocenters. The summed E-state index contributed by atoms with van der Waals surface area (Å²) in [5.41, 5.74) is 2.26. The number of benzene rings is 1. The van der Waals surface area contributed by atoms with Crippen molar-refractivity contribution in [2.24, 2.45) is 0 Å². The first-order chi connectivity index (χ1) is 8.37. The van der Waals surface area contributed by atoms with Crippen LogP contribution in [0.5, 0.6) is 0 Å². The van der Waals surface area contributed by atoms with Gasteiger partial charge in [0, 0.05) is 19.1 Å². The van der Waals surface area contributed by atoms with E-state index in [4.69, 9.17) is 0 Å². The molecule has 2 unspecified atom stereocenters. The highest BCUT2D eigenvalue weighted by atomic mass is 16.3. The second-order valence-electron chi connectivity index (χ2n) is 6.38. The maximum Gasteiger partial charge on any atom is 0.0718 e. The molecule has 0 amide bonds. The maximum atomic E-state index is 9.97. The number of aliphatic hydroxyl groups is 1. The monoisotopic (exact) mass is 247 g/mol. The molecule has 0 aromatic heterocycles. The van der Waals surface area contributed by atoms with Gasteiger partial charge in [-0.05, 0) is 51.2 Å². The SMILES string of the molecule is Cc1ccccc1C1CC(C)N(CC(C)(C)O)C1. The van der Waals surface area contributed by atoms with E-state index in [1.54, 1.807) is 0 Å². The molecule has 0 saturated carbocycles. The summed E-state index contributed by atoms with van der Waals surface area (Å²) < 4.78 is 0. The lowest BCUT2D eigenvalue weighted by Gasteiger charge is -2.28. The van der Waals surface area contributed by atoms with E-state index in [1.807, 2.05) is 13.8 Å². The van der Waals surface area contributed by atoms with Crippen LogP contribution >= 0.6 is 0 Å². The van der Waals surface area contributed by atoms with Gasteiger partial charge in [-0.3, -0.25) is 4.90 Å². The minimum atomic E-state index is -0.602. The highest BCUT2D eigenvalue weighted by Crippen LogP contribution is 2.33. The Bertz CT molecular complexity index is 408. The number of nitrogens with zero attached hydrogens (tertiary/aromatic N) is 1. The molecule has 2 heteroatoms. The van der Waals surface area contributed by atoms with Crippen molar-refractivity contribution in [2.45, 2.75) is 51.7 Å². The molecular weight excluding hydrogens is 222 g/mol. The number of aryl methyl sites for hydroxylation is 1. The Morgan fingerprint density at radius 1 is 1.33 bits per heavy atom. The van der Waals surface area contributed by atoms with E-state index in [2.05, 4.69) is 43.0 Å². The summed E-state index contributed by atoms with van der Waals surface area (Å²) in [6, 6.07) is 9.23. The highest BCUT2D eigenvalue weighted by molar-refractivity contribution is 5.30. The molecule has 1 N–H and O–H groups in total. The van der Waals surface area contributed by atoms with Gasteiger partial charge in [0.1, 0.15) is 0 Å². The zero-order valence-electron chi connectivity index (χ0n) is 12.0. The van der Waals surface area contributed by atoms with E-state index in [9.17, 15) is 5.11 Å². The van der Waals surface area contributed by atoms with Gasteiger partial charge in [-0.2, -0.15) is 0 Å². The van der Waals surface area contributed by atoms with Crippen molar-refractivity contribution in [3.8, 4) is 0 Å². The molecule has 2 nitrogen and oxygen atoms in total. The minimum absolute atomic E-state index is 0.557. The Hall–Kier alpha value is -0.860. The largest absolute Gasteiger partial charge is 0.389 e. The summed E-state index contributed by atoms with van der Waals surface area (Å²) in [7, 11) is 0. The fourth-order valence-corrected chi connectivity index (χ4v) is 3.09. The lowest BCUT2D eigenvalue weighted by Crippen LogP contribution is -2.40. The van der Waals surface area contributed by atoms with Crippen LogP contribution in [0.2, 0.25) is 0 Å². The molecule has 2 rings (SSSR count). The van der Waals surface area contributed by atoms with Crippen LogP contribution in [0.25, 0.3) is 0 Å². The maximum absolute atomic E-state index is 9.97. The first-order valence-electron chi connectivity index (χ1n) is 6.89. The normalized spacial score (nSPS) is 25.6. The second kappa shape index (κ2) is 5.02. The molecule has 1 heterocycles. The molecule has 0 radical (unpaired) electrons. The summed E-state index contributed by atoms with van der Waals surface area (Å²) in [6.45, 7) is 10.1. The van der Waals surface area contributed by atoms with Crippen LogP contribution in [-0.2, 0) is 0 Å². The quantitative estimate of drug-likeness (QED) is 0.887. The van der Waals surface area contributed by atoms with Crippen molar-refractivity contribution in [2.75, 3.05) is 13.1 Å². The minimum Gasteiger partial charge on any atom is -0.389 e. The Morgan fingerprint density at radius 2 is 2.00 bits per heavy atom. The molecule has 1 aromatic carbocycles. The summed E-state index contributed by atoms with van der Waals surface area (Å²) in [4.78, 5) is 2.41. The van der Waals surface area contributed by atoms with Crippen molar-refractivity contribution in [1.82, 2.24) is 4.90 Å².